The first-order chi connectivity index (χ1) is 31.8. The number of aromatic nitrogens is 4. The van der Waals surface area contributed by atoms with Gasteiger partial charge in [-0.05, 0) is 84.0 Å². The highest BCUT2D eigenvalue weighted by atomic mass is 15.1. The van der Waals surface area contributed by atoms with Crippen LogP contribution in [0.15, 0.2) is 200 Å². The fourth-order valence-corrected chi connectivity index (χ4v) is 11.1. The topological polar surface area (TPSA) is 59.4 Å². The minimum absolute atomic E-state index is 0.527. The van der Waals surface area contributed by atoms with Gasteiger partial charge in [0.1, 0.15) is 22.9 Å². The van der Waals surface area contributed by atoms with Gasteiger partial charge in [-0.1, -0.05) is 164 Å². The standard InChI is InChI=1S/C59H33N5/c60-34-46-56(63-47-28-14-26-42-38-22-10-12-24-40(38)44-30-32-61-58(63)54(44)52(42)47)50(36-18-6-2-7-19-36)49(35-16-4-1-5-17-35)51(37-20-8-3-9-21-37)57(46)64-48-29-15-27-43-39-23-11-13-25-41(39)45-31-33-62-59(64)55(45)53(43)48/h1-33H. The zero-order valence-electron chi connectivity index (χ0n) is 34.3. The molecule has 64 heavy (non-hydrogen) atoms. The maximum Gasteiger partial charge on any atom is 0.146 e. The van der Waals surface area contributed by atoms with E-state index >= 15 is 0 Å². The van der Waals surface area contributed by atoms with Crippen molar-refractivity contribution in [3.8, 4) is 50.8 Å². The van der Waals surface area contributed by atoms with Crippen LogP contribution in [0.3, 0.4) is 0 Å². The number of pyridine rings is 2. The van der Waals surface area contributed by atoms with Gasteiger partial charge in [0.05, 0.1) is 22.4 Å². The van der Waals surface area contributed by atoms with Gasteiger partial charge in [-0.25, -0.2) is 9.97 Å². The zero-order chi connectivity index (χ0) is 42.0. The molecule has 4 aromatic heterocycles. The van der Waals surface area contributed by atoms with Crippen LogP contribution in [0.4, 0.5) is 0 Å². The Morgan fingerprint density at radius 2 is 0.672 bits per heavy atom. The Morgan fingerprint density at radius 1 is 0.328 bits per heavy atom. The van der Waals surface area contributed by atoms with E-state index in [4.69, 9.17) is 9.97 Å². The van der Waals surface area contributed by atoms with E-state index < -0.39 is 0 Å². The van der Waals surface area contributed by atoms with Crippen LogP contribution in [0.25, 0.3) is 132 Å². The van der Waals surface area contributed by atoms with Gasteiger partial charge in [0.25, 0.3) is 0 Å². The first kappa shape index (κ1) is 34.8. The lowest BCUT2D eigenvalue weighted by atomic mass is 9.82. The summed E-state index contributed by atoms with van der Waals surface area (Å²) >= 11 is 0. The Labute approximate surface area is 366 Å². The predicted molar refractivity (Wildman–Crippen MR) is 264 cm³/mol. The second-order valence-electron chi connectivity index (χ2n) is 16.7. The quantitative estimate of drug-likeness (QED) is 0.163. The van der Waals surface area contributed by atoms with E-state index in [1.54, 1.807) is 0 Å². The maximum absolute atomic E-state index is 12.3. The zero-order valence-corrected chi connectivity index (χ0v) is 34.3. The molecule has 14 rings (SSSR count). The number of nitriles is 1. The third kappa shape index (κ3) is 4.50. The van der Waals surface area contributed by atoms with Crippen LogP contribution in [-0.2, 0) is 0 Å². The molecule has 0 aliphatic carbocycles. The molecule has 5 nitrogen and oxygen atoms in total. The minimum Gasteiger partial charge on any atom is -0.292 e. The summed E-state index contributed by atoms with van der Waals surface area (Å²) in [6.07, 6.45) is 3.85. The van der Waals surface area contributed by atoms with E-state index in [-0.39, 0.29) is 0 Å². The molecule has 0 aliphatic rings. The van der Waals surface area contributed by atoms with Crippen LogP contribution < -0.4 is 0 Å². The lowest BCUT2D eigenvalue weighted by Gasteiger charge is -2.27. The number of fused-ring (bicyclic) bond motifs is 6. The molecule has 0 fully saturated rings. The molecule has 0 saturated carbocycles. The van der Waals surface area contributed by atoms with Gasteiger partial charge in [-0.15, -0.1) is 0 Å². The van der Waals surface area contributed by atoms with E-state index in [1.807, 2.05) is 12.4 Å². The highest BCUT2D eigenvalue weighted by Crippen LogP contribution is 2.54. The molecular weight excluding hydrogens is 779 g/mol. The molecule has 294 valence electrons. The molecule has 0 atom stereocenters. The Morgan fingerprint density at radius 3 is 1.06 bits per heavy atom. The van der Waals surface area contributed by atoms with Crippen molar-refractivity contribution in [1.82, 2.24) is 19.1 Å². The molecule has 0 amide bonds. The monoisotopic (exact) mass is 811 g/mol. The van der Waals surface area contributed by atoms with Crippen LogP contribution in [0.1, 0.15) is 5.56 Å². The van der Waals surface area contributed by atoms with Crippen molar-refractivity contribution in [2.75, 3.05) is 0 Å². The Balaban J connectivity index is 1.30. The summed E-state index contributed by atoms with van der Waals surface area (Å²) in [6, 6.07) is 69.5. The van der Waals surface area contributed by atoms with E-state index in [0.717, 1.165) is 110 Å². The number of rotatable bonds is 5. The van der Waals surface area contributed by atoms with Crippen LogP contribution in [-0.4, -0.2) is 19.1 Å². The van der Waals surface area contributed by atoms with Gasteiger partial charge >= 0.3 is 0 Å². The molecule has 0 bridgehead atoms. The SMILES string of the molecule is N#Cc1c(-n2c3cccc4c5ccccc5c5ccnc2c5c43)c(-c2ccccc2)c(-c2ccccc2)c(-c2ccccc2)c1-n1c2cccc3c4ccccc4c4ccnc1c4c32. The fraction of sp³-hybridized carbons (Fsp3) is 0. The first-order valence-corrected chi connectivity index (χ1v) is 21.6. The van der Waals surface area contributed by atoms with Crippen LogP contribution in [0, 0.1) is 11.3 Å². The summed E-state index contributed by atoms with van der Waals surface area (Å²) in [4.78, 5) is 10.6. The molecule has 0 spiro atoms. The molecule has 0 N–H and O–H groups in total. The first-order valence-electron chi connectivity index (χ1n) is 21.6. The summed E-state index contributed by atoms with van der Waals surface area (Å²) in [6.45, 7) is 0. The van der Waals surface area contributed by atoms with Gasteiger partial charge < -0.3 is 0 Å². The lowest BCUT2D eigenvalue weighted by Crippen LogP contribution is -2.11. The average molecular weight is 812 g/mol. The maximum atomic E-state index is 12.3. The second-order valence-corrected chi connectivity index (χ2v) is 16.7. The molecule has 0 aliphatic heterocycles. The normalized spacial score (nSPS) is 12.0. The van der Waals surface area contributed by atoms with Crippen molar-refractivity contribution in [3.63, 3.8) is 0 Å². The minimum atomic E-state index is 0.527. The Bertz CT molecular complexity index is 3810. The van der Waals surface area contributed by atoms with Crippen molar-refractivity contribution in [3.05, 3.63) is 206 Å². The van der Waals surface area contributed by atoms with Gasteiger partial charge in [-0.3, -0.25) is 9.13 Å². The molecule has 0 saturated heterocycles. The van der Waals surface area contributed by atoms with Gasteiger partial charge in [-0.2, -0.15) is 5.26 Å². The summed E-state index contributed by atoms with van der Waals surface area (Å²) in [5.41, 5.74) is 11.6. The Kier molecular flexibility index (Phi) is 7.12. The molecule has 14 aromatic rings. The van der Waals surface area contributed by atoms with Crippen molar-refractivity contribution in [2.24, 2.45) is 0 Å². The van der Waals surface area contributed by atoms with Gasteiger partial charge in [0.2, 0.25) is 0 Å². The third-order valence-electron chi connectivity index (χ3n) is 13.6. The predicted octanol–water partition coefficient (Wildman–Crippen LogP) is 15.0. The van der Waals surface area contributed by atoms with E-state index in [1.165, 1.54) is 21.5 Å². The summed E-state index contributed by atoms with van der Waals surface area (Å²) < 4.78 is 4.59. The lowest BCUT2D eigenvalue weighted by molar-refractivity contribution is 1.09. The summed E-state index contributed by atoms with van der Waals surface area (Å²) in [5, 5.41) is 26.1. The number of hydrogen-bond acceptors (Lipinski definition) is 3. The Hall–Kier alpha value is -8.85. The van der Waals surface area contributed by atoms with Crippen LogP contribution in [0.5, 0.6) is 0 Å². The number of benzene rings is 10. The molecular formula is C59H33N5. The smallest absolute Gasteiger partial charge is 0.146 e. The van der Waals surface area contributed by atoms with E-state index in [0.29, 0.717) is 5.56 Å². The van der Waals surface area contributed by atoms with Crippen molar-refractivity contribution in [1.29, 1.82) is 5.26 Å². The fourth-order valence-electron chi connectivity index (χ4n) is 11.1. The second kappa shape index (κ2) is 13.1. The molecule has 5 heteroatoms. The summed E-state index contributed by atoms with van der Waals surface area (Å²) in [5.74, 6) is 0. The molecule has 4 heterocycles. The van der Waals surface area contributed by atoms with E-state index in [2.05, 4.69) is 203 Å². The molecule has 10 aromatic carbocycles. The van der Waals surface area contributed by atoms with Crippen molar-refractivity contribution in [2.45, 2.75) is 0 Å². The number of hydrogen-bond donors (Lipinski definition) is 0. The average Bonchev–Trinajstić information content (AvgIpc) is 3.89. The van der Waals surface area contributed by atoms with Crippen molar-refractivity contribution >= 4 is 87.0 Å². The van der Waals surface area contributed by atoms with Crippen LogP contribution in [0.2, 0.25) is 0 Å². The number of nitrogens with zero attached hydrogens (tertiary/aromatic N) is 5. The van der Waals surface area contributed by atoms with Crippen LogP contribution >= 0.6 is 0 Å². The van der Waals surface area contributed by atoms with Gasteiger partial charge in [0, 0.05) is 50.6 Å². The highest BCUT2D eigenvalue weighted by Gasteiger charge is 2.33. The highest BCUT2D eigenvalue weighted by molar-refractivity contribution is 6.35. The molecule has 0 unspecified atom stereocenters. The largest absolute Gasteiger partial charge is 0.292 e. The third-order valence-corrected chi connectivity index (χ3v) is 13.6. The van der Waals surface area contributed by atoms with Crippen molar-refractivity contribution < 1.29 is 0 Å². The van der Waals surface area contributed by atoms with E-state index in [9.17, 15) is 5.26 Å². The molecule has 0 radical (unpaired) electrons. The van der Waals surface area contributed by atoms with Gasteiger partial charge in [0.15, 0.2) is 0 Å². The summed E-state index contributed by atoms with van der Waals surface area (Å²) in [7, 11) is 0.